The smallest absolute Gasteiger partial charge is 0.416 e. The summed E-state index contributed by atoms with van der Waals surface area (Å²) in [5, 5.41) is 2.48. The lowest BCUT2D eigenvalue weighted by Crippen LogP contribution is -2.30. The van der Waals surface area contributed by atoms with Gasteiger partial charge in [-0.1, -0.05) is 0 Å². The Morgan fingerprint density at radius 1 is 1.04 bits per heavy atom. The molecule has 144 valence electrons. The fourth-order valence-corrected chi connectivity index (χ4v) is 2.21. The first kappa shape index (κ1) is 20.3. The van der Waals surface area contributed by atoms with Crippen molar-refractivity contribution in [3.63, 3.8) is 0 Å². The fraction of sp³-hybridized carbons (Fsp3) is 0.263. The molecular formula is C19H18F3NO4. The average molecular weight is 381 g/mol. The summed E-state index contributed by atoms with van der Waals surface area (Å²) < 4.78 is 48.4. The summed E-state index contributed by atoms with van der Waals surface area (Å²) in [4.78, 5) is 23.6. The van der Waals surface area contributed by atoms with E-state index in [1.54, 1.807) is 6.07 Å². The number of ether oxygens (including phenoxy) is 2. The van der Waals surface area contributed by atoms with Gasteiger partial charge in [0.1, 0.15) is 0 Å². The number of rotatable bonds is 6. The molecule has 0 aliphatic carbocycles. The number of ketones is 1. The van der Waals surface area contributed by atoms with E-state index >= 15 is 0 Å². The number of carbonyl (C=O) groups excluding carboxylic acids is 2. The zero-order valence-corrected chi connectivity index (χ0v) is 14.9. The van der Waals surface area contributed by atoms with Crippen molar-refractivity contribution in [3.05, 3.63) is 53.6 Å². The summed E-state index contributed by atoms with van der Waals surface area (Å²) in [6.07, 6.45) is -5.40. The van der Waals surface area contributed by atoms with Crippen molar-refractivity contribution in [1.29, 1.82) is 0 Å². The van der Waals surface area contributed by atoms with E-state index in [0.29, 0.717) is 5.56 Å². The van der Waals surface area contributed by atoms with Gasteiger partial charge in [0.25, 0.3) is 5.91 Å². The fourth-order valence-electron chi connectivity index (χ4n) is 2.21. The molecule has 2 aromatic rings. The number of Topliss-reactive ketones (excluding diaryl/α,β-unsaturated/α-hetero) is 1. The molecule has 0 fully saturated rings. The summed E-state index contributed by atoms with van der Waals surface area (Å²) in [6.45, 7) is 2.90. The van der Waals surface area contributed by atoms with Gasteiger partial charge in [-0.2, -0.15) is 13.2 Å². The molecule has 8 heteroatoms. The van der Waals surface area contributed by atoms with Crippen LogP contribution in [-0.4, -0.2) is 24.9 Å². The van der Waals surface area contributed by atoms with Gasteiger partial charge in [-0.3, -0.25) is 9.59 Å². The molecule has 0 saturated carbocycles. The third-order valence-electron chi connectivity index (χ3n) is 3.72. The number of benzene rings is 2. The number of hydrogen-bond donors (Lipinski definition) is 1. The summed E-state index contributed by atoms with van der Waals surface area (Å²) in [5.41, 5.74) is -0.163. The average Bonchev–Trinajstić information content (AvgIpc) is 2.61. The molecule has 0 saturated heterocycles. The Morgan fingerprint density at radius 3 is 2.19 bits per heavy atom. The van der Waals surface area contributed by atoms with Crippen LogP contribution in [0.1, 0.15) is 29.8 Å². The van der Waals surface area contributed by atoms with Crippen molar-refractivity contribution in [1.82, 2.24) is 0 Å². The lowest BCUT2D eigenvalue weighted by Gasteiger charge is -2.17. The van der Waals surface area contributed by atoms with Gasteiger partial charge in [0.15, 0.2) is 23.4 Å². The standard InChI is InChI=1S/C19H18F3NO4/c1-11(24)13-4-9-16(17(10-13)26-3)27-12(2)18(25)23-15-7-5-14(6-8-15)19(20,21)22/h4-10,12H,1-3H3,(H,23,25)/t12-/m1/s1. The summed E-state index contributed by atoms with van der Waals surface area (Å²) in [6, 6.07) is 8.64. The largest absolute Gasteiger partial charge is 0.493 e. The van der Waals surface area contributed by atoms with E-state index in [1.807, 2.05) is 0 Å². The van der Waals surface area contributed by atoms with Crippen LogP contribution >= 0.6 is 0 Å². The van der Waals surface area contributed by atoms with Crippen LogP contribution in [0, 0.1) is 0 Å². The van der Waals surface area contributed by atoms with E-state index in [4.69, 9.17) is 9.47 Å². The monoisotopic (exact) mass is 381 g/mol. The Kier molecular flexibility index (Phi) is 6.09. The molecule has 1 atom stereocenters. The third-order valence-corrected chi connectivity index (χ3v) is 3.72. The van der Waals surface area contributed by atoms with Gasteiger partial charge >= 0.3 is 6.18 Å². The second kappa shape index (κ2) is 8.11. The summed E-state index contributed by atoms with van der Waals surface area (Å²) in [7, 11) is 1.40. The topological polar surface area (TPSA) is 64.6 Å². The number of hydrogen-bond acceptors (Lipinski definition) is 4. The van der Waals surface area contributed by atoms with E-state index in [1.165, 1.54) is 33.1 Å². The van der Waals surface area contributed by atoms with E-state index < -0.39 is 23.8 Å². The van der Waals surface area contributed by atoms with Crippen LogP contribution in [-0.2, 0) is 11.0 Å². The van der Waals surface area contributed by atoms with Crippen molar-refractivity contribution in [2.75, 3.05) is 12.4 Å². The van der Waals surface area contributed by atoms with Crippen molar-refractivity contribution < 1.29 is 32.2 Å². The van der Waals surface area contributed by atoms with E-state index in [9.17, 15) is 22.8 Å². The molecule has 0 aromatic heterocycles. The molecule has 0 unspecified atom stereocenters. The first-order chi connectivity index (χ1) is 12.6. The van der Waals surface area contributed by atoms with Crippen LogP contribution in [0.25, 0.3) is 0 Å². The molecule has 0 heterocycles. The molecule has 2 rings (SSSR count). The van der Waals surface area contributed by atoms with Crippen molar-refractivity contribution in [2.45, 2.75) is 26.1 Å². The molecule has 0 radical (unpaired) electrons. The number of amides is 1. The number of anilines is 1. The highest BCUT2D eigenvalue weighted by Gasteiger charge is 2.30. The van der Waals surface area contributed by atoms with Gasteiger partial charge in [0.2, 0.25) is 0 Å². The molecule has 2 aromatic carbocycles. The molecule has 0 bridgehead atoms. The molecule has 0 aliphatic heterocycles. The maximum Gasteiger partial charge on any atom is 0.416 e. The van der Waals surface area contributed by atoms with Gasteiger partial charge in [-0.15, -0.1) is 0 Å². The Morgan fingerprint density at radius 2 is 1.67 bits per heavy atom. The molecular weight excluding hydrogens is 363 g/mol. The minimum atomic E-state index is -4.44. The van der Waals surface area contributed by atoms with Gasteiger partial charge in [-0.25, -0.2) is 0 Å². The normalized spacial score (nSPS) is 12.2. The second-order valence-corrected chi connectivity index (χ2v) is 5.75. The van der Waals surface area contributed by atoms with Crippen molar-refractivity contribution in [3.8, 4) is 11.5 Å². The summed E-state index contributed by atoms with van der Waals surface area (Å²) in [5.74, 6) is -0.144. The number of carbonyl (C=O) groups is 2. The molecule has 1 amide bonds. The Balaban J connectivity index is 2.06. The van der Waals surface area contributed by atoms with Gasteiger partial charge in [0, 0.05) is 11.3 Å². The maximum atomic E-state index is 12.6. The predicted octanol–water partition coefficient (Wildman–Crippen LogP) is 4.32. The Hall–Kier alpha value is -3.03. The quantitative estimate of drug-likeness (QED) is 0.757. The van der Waals surface area contributed by atoms with Gasteiger partial charge in [0.05, 0.1) is 12.7 Å². The molecule has 0 spiro atoms. The summed E-state index contributed by atoms with van der Waals surface area (Å²) >= 11 is 0. The minimum absolute atomic E-state index is 0.145. The van der Waals surface area contributed by atoms with Crippen LogP contribution < -0.4 is 14.8 Å². The lowest BCUT2D eigenvalue weighted by atomic mass is 10.1. The lowest BCUT2D eigenvalue weighted by molar-refractivity contribution is -0.137. The molecule has 27 heavy (non-hydrogen) atoms. The molecule has 1 N–H and O–H groups in total. The van der Waals surface area contributed by atoms with Crippen LogP contribution in [0.4, 0.5) is 18.9 Å². The van der Waals surface area contributed by atoms with Crippen LogP contribution in [0.15, 0.2) is 42.5 Å². The van der Waals surface area contributed by atoms with E-state index in [2.05, 4.69) is 5.32 Å². The van der Waals surface area contributed by atoms with Crippen molar-refractivity contribution >= 4 is 17.4 Å². The Labute approximate surface area is 154 Å². The van der Waals surface area contributed by atoms with Crippen LogP contribution in [0.5, 0.6) is 11.5 Å². The zero-order valence-electron chi connectivity index (χ0n) is 14.9. The van der Waals surface area contributed by atoms with Crippen LogP contribution in [0.3, 0.4) is 0 Å². The SMILES string of the molecule is COc1cc(C(C)=O)ccc1O[C@H](C)C(=O)Nc1ccc(C(F)(F)F)cc1. The van der Waals surface area contributed by atoms with E-state index in [0.717, 1.165) is 24.3 Å². The number of nitrogens with one attached hydrogen (secondary N) is 1. The maximum absolute atomic E-state index is 12.6. The highest BCUT2D eigenvalue weighted by Crippen LogP contribution is 2.31. The predicted molar refractivity (Wildman–Crippen MR) is 93.2 cm³/mol. The highest BCUT2D eigenvalue weighted by atomic mass is 19.4. The van der Waals surface area contributed by atoms with Gasteiger partial charge < -0.3 is 14.8 Å². The van der Waals surface area contributed by atoms with Gasteiger partial charge in [-0.05, 0) is 56.3 Å². The first-order valence-corrected chi connectivity index (χ1v) is 7.95. The number of halogens is 3. The highest BCUT2D eigenvalue weighted by molar-refractivity contribution is 5.95. The minimum Gasteiger partial charge on any atom is -0.493 e. The number of methoxy groups -OCH3 is 1. The van der Waals surface area contributed by atoms with Crippen LogP contribution in [0.2, 0.25) is 0 Å². The molecule has 0 aliphatic rings. The first-order valence-electron chi connectivity index (χ1n) is 7.95. The third kappa shape index (κ3) is 5.22. The second-order valence-electron chi connectivity index (χ2n) is 5.75. The zero-order chi connectivity index (χ0) is 20.2. The van der Waals surface area contributed by atoms with Crippen molar-refractivity contribution in [2.24, 2.45) is 0 Å². The Bertz CT molecular complexity index is 832. The number of alkyl halides is 3. The molecule has 5 nitrogen and oxygen atoms in total. The van der Waals surface area contributed by atoms with E-state index in [-0.39, 0.29) is 23.0 Å².